The molecule has 0 aromatic heterocycles. The standard InChI is InChI=1S/C18H31N3O3/c1-19(2)9-10-21-13-15(12-17(21)22)18(23)20-7-5-14(6-8-20)16-4-3-11-24-16/h14-16H,3-13H2,1-2H3. The van der Waals surface area contributed by atoms with Crippen LogP contribution in [0.5, 0.6) is 0 Å². The number of piperidine rings is 1. The smallest absolute Gasteiger partial charge is 0.227 e. The van der Waals surface area contributed by atoms with Gasteiger partial charge in [0.1, 0.15) is 0 Å². The largest absolute Gasteiger partial charge is 0.378 e. The maximum Gasteiger partial charge on any atom is 0.227 e. The SMILES string of the molecule is CN(C)CCN1CC(C(=O)N2CCC(C3CCCO3)CC2)CC1=O. The molecule has 0 aromatic rings. The molecule has 3 saturated heterocycles. The molecule has 3 fully saturated rings. The number of likely N-dealkylation sites (tertiary alicyclic amines) is 2. The minimum atomic E-state index is -0.140. The highest BCUT2D eigenvalue weighted by Crippen LogP contribution is 2.30. The van der Waals surface area contributed by atoms with Crippen molar-refractivity contribution >= 4 is 11.8 Å². The van der Waals surface area contributed by atoms with E-state index in [4.69, 9.17) is 4.74 Å². The predicted molar refractivity (Wildman–Crippen MR) is 91.5 cm³/mol. The molecule has 2 amide bonds. The topological polar surface area (TPSA) is 53.1 Å². The van der Waals surface area contributed by atoms with E-state index in [1.165, 1.54) is 12.8 Å². The van der Waals surface area contributed by atoms with Crippen molar-refractivity contribution in [1.29, 1.82) is 0 Å². The highest BCUT2D eigenvalue weighted by Gasteiger charge is 2.38. The summed E-state index contributed by atoms with van der Waals surface area (Å²) in [4.78, 5) is 30.8. The molecule has 2 unspecified atom stereocenters. The van der Waals surface area contributed by atoms with Crippen molar-refractivity contribution in [1.82, 2.24) is 14.7 Å². The van der Waals surface area contributed by atoms with Gasteiger partial charge in [0, 0.05) is 45.8 Å². The van der Waals surface area contributed by atoms with Crippen molar-refractivity contribution in [2.75, 3.05) is 53.4 Å². The van der Waals surface area contributed by atoms with E-state index in [2.05, 4.69) is 4.90 Å². The Morgan fingerprint density at radius 1 is 1.25 bits per heavy atom. The van der Waals surface area contributed by atoms with Gasteiger partial charge in [-0.3, -0.25) is 9.59 Å². The van der Waals surface area contributed by atoms with Crippen LogP contribution in [-0.4, -0.2) is 86.0 Å². The van der Waals surface area contributed by atoms with E-state index in [0.717, 1.165) is 45.6 Å². The number of rotatable bonds is 5. The highest BCUT2D eigenvalue weighted by atomic mass is 16.5. The first kappa shape index (κ1) is 17.7. The molecule has 3 aliphatic heterocycles. The van der Waals surface area contributed by atoms with Crippen molar-refractivity contribution in [3.63, 3.8) is 0 Å². The van der Waals surface area contributed by atoms with Crippen molar-refractivity contribution < 1.29 is 14.3 Å². The summed E-state index contributed by atoms with van der Waals surface area (Å²) < 4.78 is 5.80. The average Bonchev–Trinajstić information content (AvgIpc) is 3.22. The van der Waals surface area contributed by atoms with E-state index < -0.39 is 0 Å². The van der Waals surface area contributed by atoms with Crippen LogP contribution in [0.4, 0.5) is 0 Å². The predicted octanol–water partition coefficient (Wildman–Crippen LogP) is 0.814. The van der Waals surface area contributed by atoms with Gasteiger partial charge in [0.15, 0.2) is 0 Å². The normalized spacial score (nSPS) is 29.0. The van der Waals surface area contributed by atoms with Gasteiger partial charge in [-0.05, 0) is 45.7 Å². The van der Waals surface area contributed by atoms with Gasteiger partial charge in [-0.15, -0.1) is 0 Å². The Bertz CT molecular complexity index is 454. The monoisotopic (exact) mass is 337 g/mol. The molecular weight excluding hydrogens is 306 g/mol. The fourth-order valence-corrected chi connectivity index (χ4v) is 4.20. The summed E-state index contributed by atoms with van der Waals surface area (Å²) in [5.41, 5.74) is 0. The van der Waals surface area contributed by atoms with Crippen molar-refractivity contribution in [3.05, 3.63) is 0 Å². The zero-order valence-electron chi connectivity index (χ0n) is 15.1. The first-order chi connectivity index (χ1) is 11.5. The number of nitrogens with zero attached hydrogens (tertiary/aromatic N) is 3. The fourth-order valence-electron chi connectivity index (χ4n) is 4.20. The summed E-state index contributed by atoms with van der Waals surface area (Å²) in [5.74, 6) is 0.781. The Hall–Kier alpha value is -1.14. The second-order valence-electron chi connectivity index (χ2n) is 7.76. The number of hydrogen-bond donors (Lipinski definition) is 0. The lowest BCUT2D eigenvalue weighted by molar-refractivity contribution is -0.137. The summed E-state index contributed by atoms with van der Waals surface area (Å²) >= 11 is 0. The molecule has 24 heavy (non-hydrogen) atoms. The van der Waals surface area contributed by atoms with Crippen LogP contribution in [0.15, 0.2) is 0 Å². The van der Waals surface area contributed by atoms with Gasteiger partial charge in [-0.25, -0.2) is 0 Å². The lowest BCUT2D eigenvalue weighted by Gasteiger charge is -2.35. The Kier molecular flexibility index (Phi) is 5.76. The summed E-state index contributed by atoms with van der Waals surface area (Å²) in [5, 5.41) is 0. The Morgan fingerprint density at radius 2 is 2.00 bits per heavy atom. The van der Waals surface area contributed by atoms with Crippen LogP contribution in [0.3, 0.4) is 0 Å². The van der Waals surface area contributed by atoms with E-state index >= 15 is 0 Å². The molecule has 3 aliphatic rings. The van der Waals surface area contributed by atoms with Gasteiger partial charge in [-0.2, -0.15) is 0 Å². The molecule has 0 aliphatic carbocycles. The molecule has 0 spiro atoms. The molecule has 2 atom stereocenters. The first-order valence-corrected chi connectivity index (χ1v) is 9.37. The van der Waals surface area contributed by atoms with Gasteiger partial charge in [0.25, 0.3) is 0 Å². The maximum absolute atomic E-state index is 12.8. The van der Waals surface area contributed by atoms with Crippen LogP contribution in [0.2, 0.25) is 0 Å². The van der Waals surface area contributed by atoms with Gasteiger partial charge in [0.2, 0.25) is 11.8 Å². The number of hydrogen-bond acceptors (Lipinski definition) is 4. The molecule has 0 saturated carbocycles. The van der Waals surface area contributed by atoms with Crippen LogP contribution in [0, 0.1) is 11.8 Å². The van der Waals surface area contributed by atoms with Crippen LogP contribution < -0.4 is 0 Å². The quantitative estimate of drug-likeness (QED) is 0.745. The van der Waals surface area contributed by atoms with Crippen molar-refractivity contribution in [2.45, 2.75) is 38.2 Å². The van der Waals surface area contributed by atoms with E-state index in [1.54, 1.807) is 0 Å². The molecule has 3 rings (SSSR count). The Balaban J connectivity index is 1.46. The second-order valence-corrected chi connectivity index (χ2v) is 7.76. The zero-order chi connectivity index (χ0) is 17.1. The van der Waals surface area contributed by atoms with Gasteiger partial charge < -0.3 is 19.4 Å². The van der Waals surface area contributed by atoms with Crippen LogP contribution >= 0.6 is 0 Å². The number of likely N-dealkylation sites (N-methyl/N-ethyl adjacent to an activating group) is 1. The molecule has 0 N–H and O–H groups in total. The van der Waals surface area contributed by atoms with Crippen molar-refractivity contribution in [2.24, 2.45) is 11.8 Å². The third kappa shape index (κ3) is 4.09. The maximum atomic E-state index is 12.8. The van der Waals surface area contributed by atoms with E-state index in [1.807, 2.05) is 23.9 Å². The van der Waals surface area contributed by atoms with Gasteiger partial charge in [0.05, 0.1) is 12.0 Å². The first-order valence-electron chi connectivity index (χ1n) is 9.37. The number of ether oxygens (including phenoxy) is 1. The molecule has 136 valence electrons. The van der Waals surface area contributed by atoms with Gasteiger partial charge >= 0.3 is 0 Å². The minimum Gasteiger partial charge on any atom is -0.378 e. The van der Waals surface area contributed by atoms with Gasteiger partial charge in [-0.1, -0.05) is 0 Å². The summed E-state index contributed by atoms with van der Waals surface area (Å²) in [6, 6.07) is 0. The van der Waals surface area contributed by atoms with Crippen LogP contribution in [0.25, 0.3) is 0 Å². The molecule has 6 heteroatoms. The third-order valence-electron chi connectivity index (χ3n) is 5.72. The van der Waals surface area contributed by atoms with E-state index in [9.17, 15) is 9.59 Å². The molecule has 6 nitrogen and oxygen atoms in total. The molecular formula is C18H31N3O3. The molecule has 0 aromatic carbocycles. The average molecular weight is 337 g/mol. The lowest BCUT2D eigenvalue weighted by Crippen LogP contribution is -2.44. The van der Waals surface area contributed by atoms with Crippen LogP contribution in [-0.2, 0) is 14.3 Å². The van der Waals surface area contributed by atoms with Crippen LogP contribution in [0.1, 0.15) is 32.1 Å². The second kappa shape index (κ2) is 7.83. The Morgan fingerprint density at radius 3 is 2.62 bits per heavy atom. The highest BCUT2D eigenvalue weighted by molar-refractivity contribution is 5.89. The number of carbonyl (C=O) groups excluding carboxylic acids is 2. The summed E-state index contributed by atoms with van der Waals surface area (Å²) in [6.07, 6.45) is 5.24. The molecule has 0 bridgehead atoms. The summed E-state index contributed by atoms with van der Waals surface area (Å²) in [6.45, 7) is 4.71. The van der Waals surface area contributed by atoms with E-state index in [-0.39, 0.29) is 17.7 Å². The lowest BCUT2D eigenvalue weighted by atomic mass is 9.89. The number of carbonyl (C=O) groups is 2. The third-order valence-corrected chi connectivity index (χ3v) is 5.72. The van der Waals surface area contributed by atoms with Crippen molar-refractivity contribution in [3.8, 4) is 0 Å². The number of amides is 2. The van der Waals surface area contributed by atoms with E-state index in [0.29, 0.717) is 25.0 Å². The molecule has 3 heterocycles. The fraction of sp³-hybridized carbons (Fsp3) is 0.889. The summed E-state index contributed by atoms with van der Waals surface area (Å²) in [7, 11) is 4.00. The Labute approximate surface area is 145 Å². The zero-order valence-corrected chi connectivity index (χ0v) is 15.1. The molecule has 0 radical (unpaired) electrons. The minimum absolute atomic E-state index is 0.129.